The number of amides is 1. The Bertz CT molecular complexity index is 454. The van der Waals surface area contributed by atoms with Crippen molar-refractivity contribution >= 4 is 11.7 Å². The Labute approximate surface area is 128 Å². The molecule has 1 heterocycles. The van der Waals surface area contributed by atoms with Crippen LogP contribution in [0.4, 0.5) is 5.82 Å². The molecule has 0 aliphatic rings. The van der Waals surface area contributed by atoms with E-state index in [1.54, 1.807) is 6.07 Å². The molecule has 5 heteroatoms. The minimum atomic E-state index is -0.00297. The average Bonchev–Trinajstić information content (AvgIpc) is 2.43. The normalized spacial score (nSPS) is 10.8. The van der Waals surface area contributed by atoms with Gasteiger partial charge in [0.2, 0.25) is 0 Å². The molecular weight excluding hydrogens is 264 g/mol. The summed E-state index contributed by atoms with van der Waals surface area (Å²) < 4.78 is 0. The summed E-state index contributed by atoms with van der Waals surface area (Å²) in [6.07, 6.45) is 1.91. The second kappa shape index (κ2) is 8.60. The van der Waals surface area contributed by atoms with Gasteiger partial charge < -0.3 is 10.2 Å². The Balaban J connectivity index is 2.91. The fourth-order valence-electron chi connectivity index (χ4n) is 2.09. The highest BCUT2D eigenvalue weighted by Gasteiger charge is 2.17. The predicted octanol–water partition coefficient (Wildman–Crippen LogP) is 3.12. The van der Waals surface area contributed by atoms with E-state index >= 15 is 0 Å². The Kier molecular flexibility index (Phi) is 7.12. The highest BCUT2D eigenvalue weighted by Crippen LogP contribution is 2.11. The molecule has 0 aliphatic heterocycles. The molecule has 0 atom stereocenters. The van der Waals surface area contributed by atoms with Crippen molar-refractivity contribution in [3.05, 3.63) is 17.6 Å². The lowest BCUT2D eigenvalue weighted by Crippen LogP contribution is -2.33. The summed E-state index contributed by atoms with van der Waals surface area (Å²) in [5, 5.41) is 3.26. The minimum absolute atomic E-state index is 0.00297. The van der Waals surface area contributed by atoms with Crippen molar-refractivity contribution in [1.29, 1.82) is 0 Å². The molecule has 1 N–H and O–H groups in total. The molecule has 1 aromatic rings. The van der Waals surface area contributed by atoms with E-state index in [4.69, 9.17) is 0 Å². The van der Waals surface area contributed by atoms with Crippen LogP contribution in [0.2, 0.25) is 0 Å². The molecule has 0 aliphatic carbocycles. The van der Waals surface area contributed by atoms with Gasteiger partial charge in [0.05, 0.1) is 0 Å². The number of hydrogen-bond donors (Lipinski definition) is 1. The van der Waals surface area contributed by atoms with E-state index in [0.29, 0.717) is 17.4 Å². The van der Waals surface area contributed by atoms with Gasteiger partial charge in [0.15, 0.2) is 0 Å². The molecule has 0 bridgehead atoms. The molecule has 0 aromatic carbocycles. The largest absolute Gasteiger partial charge is 0.370 e. The number of anilines is 1. The first kappa shape index (κ1) is 17.4. The summed E-state index contributed by atoms with van der Waals surface area (Å²) in [5.41, 5.74) is 0.482. The summed E-state index contributed by atoms with van der Waals surface area (Å²) in [5.74, 6) is 1.88. The molecular formula is C16H28N4O. The Morgan fingerprint density at radius 3 is 2.38 bits per heavy atom. The second-order valence-electron chi connectivity index (χ2n) is 5.75. The smallest absolute Gasteiger partial charge is 0.272 e. The van der Waals surface area contributed by atoms with Crippen LogP contribution >= 0.6 is 0 Å². The number of aromatic nitrogens is 2. The maximum Gasteiger partial charge on any atom is 0.272 e. The van der Waals surface area contributed by atoms with E-state index in [0.717, 1.165) is 38.3 Å². The second-order valence-corrected chi connectivity index (χ2v) is 5.75. The van der Waals surface area contributed by atoms with Crippen LogP contribution in [0, 0.1) is 12.8 Å². The zero-order valence-corrected chi connectivity index (χ0v) is 13.9. The summed E-state index contributed by atoms with van der Waals surface area (Å²) in [6.45, 7) is 12.6. The van der Waals surface area contributed by atoms with Gasteiger partial charge in [-0.1, -0.05) is 27.7 Å². The maximum atomic E-state index is 12.6. The van der Waals surface area contributed by atoms with Gasteiger partial charge in [-0.3, -0.25) is 4.79 Å². The van der Waals surface area contributed by atoms with Crippen molar-refractivity contribution in [2.75, 3.05) is 25.0 Å². The Morgan fingerprint density at radius 2 is 1.86 bits per heavy atom. The van der Waals surface area contributed by atoms with Crippen molar-refractivity contribution in [3.8, 4) is 0 Å². The number of carbonyl (C=O) groups is 1. The first-order valence-electron chi connectivity index (χ1n) is 7.86. The number of hydrogen-bond acceptors (Lipinski definition) is 4. The van der Waals surface area contributed by atoms with E-state index in [1.807, 2.05) is 11.8 Å². The van der Waals surface area contributed by atoms with Crippen LogP contribution in [0.1, 0.15) is 56.8 Å². The minimum Gasteiger partial charge on any atom is -0.370 e. The maximum absolute atomic E-state index is 12.6. The highest BCUT2D eigenvalue weighted by atomic mass is 16.2. The number of nitrogens with zero attached hydrogens (tertiary/aromatic N) is 3. The van der Waals surface area contributed by atoms with Crippen LogP contribution in [0.5, 0.6) is 0 Å². The third-order valence-corrected chi connectivity index (χ3v) is 3.02. The molecule has 1 rings (SSSR count). The van der Waals surface area contributed by atoms with Gasteiger partial charge in [0.25, 0.3) is 5.91 Å². The summed E-state index contributed by atoms with van der Waals surface area (Å²) in [7, 11) is 0. The van der Waals surface area contributed by atoms with Crippen LogP contribution in [-0.2, 0) is 0 Å². The standard InChI is InChI=1S/C16H28N4O/c1-6-8-20(9-7-2)16(21)14-10-15(17-11-12(3)4)19-13(5)18-14/h10,12H,6-9,11H2,1-5H3,(H,17,18,19). The molecule has 0 saturated heterocycles. The average molecular weight is 292 g/mol. The van der Waals surface area contributed by atoms with E-state index in [2.05, 4.69) is 43.0 Å². The van der Waals surface area contributed by atoms with Crippen LogP contribution in [0.25, 0.3) is 0 Å². The van der Waals surface area contributed by atoms with E-state index in [1.165, 1.54) is 0 Å². The van der Waals surface area contributed by atoms with Gasteiger partial charge in [-0.05, 0) is 25.7 Å². The van der Waals surface area contributed by atoms with Gasteiger partial charge in [0.1, 0.15) is 17.3 Å². The fourth-order valence-corrected chi connectivity index (χ4v) is 2.09. The lowest BCUT2D eigenvalue weighted by molar-refractivity contribution is 0.0749. The Hall–Kier alpha value is -1.65. The quantitative estimate of drug-likeness (QED) is 0.800. The third kappa shape index (κ3) is 5.69. The topological polar surface area (TPSA) is 58.1 Å². The van der Waals surface area contributed by atoms with Crippen LogP contribution in [-0.4, -0.2) is 40.4 Å². The first-order chi connectivity index (χ1) is 9.97. The molecule has 1 amide bonds. The predicted molar refractivity (Wildman–Crippen MR) is 86.6 cm³/mol. The summed E-state index contributed by atoms with van der Waals surface area (Å²) >= 11 is 0. The first-order valence-corrected chi connectivity index (χ1v) is 7.86. The van der Waals surface area contributed by atoms with Crippen molar-refractivity contribution < 1.29 is 4.79 Å². The van der Waals surface area contributed by atoms with Crippen LogP contribution < -0.4 is 5.32 Å². The Morgan fingerprint density at radius 1 is 1.24 bits per heavy atom. The fraction of sp³-hybridized carbons (Fsp3) is 0.688. The van der Waals surface area contributed by atoms with Crippen molar-refractivity contribution in [1.82, 2.24) is 14.9 Å². The van der Waals surface area contributed by atoms with Crippen LogP contribution in [0.3, 0.4) is 0 Å². The molecule has 0 spiro atoms. The van der Waals surface area contributed by atoms with Gasteiger partial charge in [-0.25, -0.2) is 9.97 Å². The number of carbonyl (C=O) groups excluding carboxylic acids is 1. The zero-order chi connectivity index (χ0) is 15.8. The highest BCUT2D eigenvalue weighted by molar-refractivity contribution is 5.93. The van der Waals surface area contributed by atoms with Gasteiger partial charge in [-0.15, -0.1) is 0 Å². The van der Waals surface area contributed by atoms with E-state index in [9.17, 15) is 4.79 Å². The third-order valence-electron chi connectivity index (χ3n) is 3.02. The summed E-state index contributed by atoms with van der Waals surface area (Å²) in [6, 6.07) is 1.76. The molecule has 5 nitrogen and oxygen atoms in total. The molecule has 118 valence electrons. The van der Waals surface area contributed by atoms with Crippen molar-refractivity contribution in [2.45, 2.75) is 47.5 Å². The molecule has 21 heavy (non-hydrogen) atoms. The number of rotatable bonds is 8. The lowest BCUT2D eigenvalue weighted by atomic mass is 10.2. The van der Waals surface area contributed by atoms with Gasteiger partial charge in [0, 0.05) is 25.7 Å². The van der Waals surface area contributed by atoms with E-state index < -0.39 is 0 Å². The zero-order valence-electron chi connectivity index (χ0n) is 13.9. The van der Waals surface area contributed by atoms with Crippen molar-refractivity contribution in [3.63, 3.8) is 0 Å². The van der Waals surface area contributed by atoms with E-state index in [-0.39, 0.29) is 5.91 Å². The molecule has 0 saturated carbocycles. The monoisotopic (exact) mass is 292 g/mol. The molecule has 0 unspecified atom stereocenters. The molecule has 1 aromatic heterocycles. The SMILES string of the molecule is CCCN(CCC)C(=O)c1cc(NCC(C)C)nc(C)n1. The number of aryl methyl sites for hydroxylation is 1. The molecule has 0 fully saturated rings. The number of nitrogens with one attached hydrogen (secondary N) is 1. The van der Waals surface area contributed by atoms with Crippen LogP contribution in [0.15, 0.2) is 6.07 Å². The van der Waals surface area contributed by atoms with Gasteiger partial charge in [-0.2, -0.15) is 0 Å². The molecule has 0 radical (unpaired) electrons. The summed E-state index contributed by atoms with van der Waals surface area (Å²) in [4.78, 5) is 23.1. The van der Waals surface area contributed by atoms with Crippen molar-refractivity contribution in [2.24, 2.45) is 5.92 Å². The lowest BCUT2D eigenvalue weighted by Gasteiger charge is -2.21. The van der Waals surface area contributed by atoms with Gasteiger partial charge >= 0.3 is 0 Å².